The number of fused-ring (bicyclic) bond motifs is 1. The molecular formula is C18H25N3O2. The molecule has 0 spiro atoms. The van der Waals surface area contributed by atoms with Crippen LogP contribution in [0.3, 0.4) is 0 Å². The maximum atomic E-state index is 11.1. The third-order valence-electron chi connectivity index (χ3n) is 4.75. The number of rotatable bonds is 6. The summed E-state index contributed by atoms with van der Waals surface area (Å²) in [5, 5.41) is 0. The van der Waals surface area contributed by atoms with Crippen LogP contribution in [0.25, 0.3) is 0 Å². The second-order valence-corrected chi connectivity index (χ2v) is 6.40. The fourth-order valence-corrected chi connectivity index (χ4v) is 3.58. The van der Waals surface area contributed by atoms with Gasteiger partial charge in [0.25, 0.3) is 0 Å². The van der Waals surface area contributed by atoms with E-state index in [1.54, 1.807) is 13.3 Å². The predicted octanol–water partition coefficient (Wildman–Crippen LogP) is 2.31. The zero-order valence-corrected chi connectivity index (χ0v) is 13.9. The number of ether oxygens (including phenoxy) is 1. The number of imidazole rings is 1. The number of hydrogen-bond acceptors (Lipinski definition) is 3. The van der Waals surface area contributed by atoms with E-state index in [1.807, 2.05) is 0 Å². The maximum Gasteiger partial charge on any atom is 0.323 e. The second kappa shape index (κ2) is 7.04. The molecule has 1 atom stereocenters. The van der Waals surface area contributed by atoms with E-state index in [2.05, 4.69) is 40.1 Å². The Hall–Kier alpha value is -2.01. The van der Waals surface area contributed by atoms with Crippen molar-refractivity contribution in [1.29, 1.82) is 0 Å². The number of nitrogens with one attached hydrogen (secondary N) is 2. The van der Waals surface area contributed by atoms with Crippen LogP contribution in [0, 0.1) is 0 Å². The second-order valence-electron chi connectivity index (χ2n) is 6.40. The summed E-state index contributed by atoms with van der Waals surface area (Å²) >= 11 is 0. The standard InChI is InChI=1S/C18H25N3O2/c1-21(10-9-14-11-19-18(22)20-14)12-13-5-3-7-16-15(13)6-4-8-17(16)23-2/h4,6,8,11,13H,3,5,7,9-10,12H2,1-2H3,(H2,19,20,22)/t13-/m0/s1. The molecule has 1 aromatic heterocycles. The van der Waals surface area contributed by atoms with E-state index in [-0.39, 0.29) is 5.69 Å². The summed E-state index contributed by atoms with van der Waals surface area (Å²) in [7, 11) is 3.90. The molecule has 3 rings (SSSR count). The lowest BCUT2D eigenvalue weighted by Crippen LogP contribution is -2.28. The molecule has 124 valence electrons. The normalized spacial score (nSPS) is 17.3. The Bertz CT molecular complexity index is 704. The topological polar surface area (TPSA) is 61.1 Å². The Morgan fingerprint density at radius 3 is 3.00 bits per heavy atom. The summed E-state index contributed by atoms with van der Waals surface area (Å²) in [4.78, 5) is 18.9. The van der Waals surface area contributed by atoms with E-state index in [1.165, 1.54) is 24.0 Å². The number of H-pyrrole nitrogens is 2. The lowest BCUT2D eigenvalue weighted by Gasteiger charge is -2.30. The van der Waals surface area contributed by atoms with E-state index in [0.29, 0.717) is 5.92 Å². The van der Waals surface area contributed by atoms with Gasteiger partial charge in [-0.1, -0.05) is 12.1 Å². The van der Waals surface area contributed by atoms with Crippen molar-refractivity contribution in [1.82, 2.24) is 14.9 Å². The van der Waals surface area contributed by atoms with Crippen molar-refractivity contribution < 1.29 is 4.74 Å². The summed E-state index contributed by atoms with van der Waals surface area (Å²) in [6.45, 7) is 1.97. The Morgan fingerprint density at radius 1 is 1.39 bits per heavy atom. The summed E-state index contributed by atoms with van der Waals surface area (Å²) < 4.78 is 5.52. The smallest absolute Gasteiger partial charge is 0.323 e. The highest BCUT2D eigenvalue weighted by molar-refractivity contribution is 5.43. The van der Waals surface area contributed by atoms with Gasteiger partial charge in [-0.25, -0.2) is 4.79 Å². The average molecular weight is 315 g/mol. The first kappa shape index (κ1) is 15.9. The van der Waals surface area contributed by atoms with Crippen LogP contribution in [0.4, 0.5) is 0 Å². The van der Waals surface area contributed by atoms with Gasteiger partial charge in [0, 0.05) is 31.4 Å². The third-order valence-corrected chi connectivity index (χ3v) is 4.75. The minimum Gasteiger partial charge on any atom is -0.496 e. The molecular weight excluding hydrogens is 290 g/mol. The van der Waals surface area contributed by atoms with Gasteiger partial charge in [0.05, 0.1) is 7.11 Å². The minimum atomic E-state index is -0.129. The van der Waals surface area contributed by atoms with Gasteiger partial charge in [-0.15, -0.1) is 0 Å². The highest BCUT2D eigenvalue weighted by Gasteiger charge is 2.23. The monoisotopic (exact) mass is 315 g/mol. The fourth-order valence-electron chi connectivity index (χ4n) is 3.58. The molecule has 0 radical (unpaired) electrons. The number of benzene rings is 1. The zero-order valence-electron chi connectivity index (χ0n) is 13.9. The molecule has 0 unspecified atom stereocenters. The third kappa shape index (κ3) is 3.67. The number of methoxy groups -OCH3 is 1. The summed E-state index contributed by atoms with van der Waals surface area (Å²) in [6, 6.07) is 6.41. The number of aromatic nitrogens is 2. The van der Waals surface area contributed by atoms with Crippen LogP contribution >= 0.6 is 0 Å². The molecule has 0 bridgehead atoms. The summed E-state index contributed by atoms with van der Waals surface area (Å²) in [5.74, 6) is 1.59. The van der Waals surface area contributed by atoms with Crippen LogP contribution in [0.1, 0.15) is 35.6 Å². The van der Waals surface area contributed by atoms with Crippen molar-refractivity contribution in [2.24, 2.45) is 0 Å². The van der Waals surface area contributed by atoms with Crippen molar-refractivity contribution in [3.05, 3.63) is 51.7 Å². The van der Waals surface area contributed by atoms with E-state index in [0.717, 1.165) is 37.4 Å². The van der Waals surface area contributed by atoms with Gasteiger partial charge in [-0.2, -0.15) is 0 Å². The molecule has 2 aromatic rings. The number of nitrogens with zero attached hydrogens (tertiary/aromatic N) is 1. The van der Waals surface area contributed by atoms with Gasteiger partial charge in [-0.3, -0.25) is 0 Å². The molecule has 1 heterocycles. The molecule has 1 aliphatic rings. The molecule has 1 aromatic carbocycles. The molecule has 0 fully saturated rings. The Morgan fingerprint density at radius 2 is 2.26 bits per heavy atom. The van der Waals surface area contributed by atoms with E-state index < -0.39 is 0 Å². The lowest BCUT2D eigenvalue weighted by atomic mass is 9.82. The van der Waals surface area contributed by atoms with Gasteiger partial charge in [0.2, 0.25) is 0 Å². The Balaban J connectivity index is 1.63. The molecule has 1 aliphatic carbocycles. The van der Waals surface area contributed by atoms with Crippen LogP contribution in [0.15, 0.2) is 29.2 Å². The van der Waals surface area contributed by atoms with Crippen molar-refractivity contribution in [2.45, 2.75) is 31.6 Å². The molecule has 2 N–H and O–H groups in total. The number of likely N-dealkylation sites (N-methyl/N-ethyl adjacent to an activating group) is 1. The van der Waals surface area contributed by atoms with Crippen LogP contribution < -0.4 is 10.4 Å². The van der Waals surface area contributed by atoms with Crippen LogP contribution in [-0.4, -0.2) is 42.1 Å². The quantitative estimate of drug-likeness (QED) is 0.860. The Labute approximate surface area is 136 Å². The van der Waals surface area contributed by atoms with Gasteiger partial charge in [0.15, 0.2) is 0 Å². The van der Waals surface area contributed by atoms with E-state index >= 15 is 0 Å². The van der Waals surface area contributed by atoms with Gasteiger partial charge in [0.1, 0.15) is 5.75 Å². The summed E-state index contributed by atoms with van der Waals surface area (Å²) in [6.07, 6.45) is 6.18. The van der Waals surface area contributed by atoms with Crippen LogP contribution in [-0.2, 0) is 12.8 Å². The molecule has 0 saturated carbocycles. The summed E-state index contributed by atoms with van der Waals surface area (Å²) in [5.41, 5.74) is 3.66. The average Bonchev–Trinajstić information content (AvgIpc) is 2.98. The Kier molecular flexibility index (Phi) is 4.86. The number of hydrogen-bond donors (Lipinski definition) is 2. The molecule has 5 nitrogen and oxygen atoms in total. The van der Waals surface area contributed by atoms with Gasteiger partial charge >= 0.3 is 5.69 Å². The van der Waals surface area contributed by atoms with Crippen molar-refractivity contribution >= 4 is 0 Å². The lowest BCUT2D eigenvalue weighted by molar-refractivity contribution is 0.298. The molecule has 0 saturated heterocycles. The van der Waals surface area contributed by atoms with E-state index in [9.17, 15) is 4.79 Å². The first-order valence-corrected chi connectivity index (χ1v) is 8.28. The van der Waals surface area contributed by atoms with Crippen LogP contribution in [0.5, 0.6) is 5.75 Å². The molecule has 23 heavy (non-hydrogen) atoms. The predicted molar refractivity (Wildman–Crippen MR) is 91.3 cm³/mol. The van der Waals surface area contributed by atoms with Gasteiger partial charge < -0.3 is 19.6 Å². The number of aromatic amines is 2. The van der Waals surface area contributed by atoms with Crippen molar-refractivity contribution in [2.75, 3.05) is 27.2 Å². The largest absolute Gasteiger partial charge is 0.496 e. The van der Waals surface area contributed by atoms with Crippen LogP contribution in [0.2, 0.25) is 0 Å². The SMILES string of the molecule is COc1cccc2c1CCC[C@H]2CN(C)CCc1c[nH]c(=O)[nH]1. The minimum absolute atomic E-state index is 0.129. The highest BCUT2D eigenvalue weighted by atomic mass is 16.5. The van der Waals surface area contributed by atoms with Gasteiger partial charge in [-0.05, 0) is 49.4 Å². The zero-order chi connectivity index (χ0) is 16.2. The highest BCUT2D eigenvalue weighted by Crippen LogP contribution is 2.36. The molecule has 0 aliphatic heterocycles. The maximum absolute atomic E-state index is 11.1. The van der Waals surface area contributed by atoms with E-state index in [4.69, 9.17) is 4.74 Å². The van der Waals surface area contributed by atoms with Crippen molar-refractivity contribution in [3.8, 4) is 5.75 Å². The fraction of sp³-hybridized carbons (Fsp3) is 0.500. The molecule has 5 heteroatoms. The van der Waals surface area contributed by atoms with Crippen molar-refractivity contribution in [3.63, 3.8) is 0 Å². The molecule has 0 amide bonds. The first-order chi connectivity index (χ1) is 11.2. The first-order valence-electron chi connectivity index (χ1n) is 8.28.